The Morgan fingerprint density at radius 1 is 1.42 bits per heavy atom. The van der Waals surface area contributed by atoms with Gasteiger partial charge in [-0.1, -0.05) is 12.1 Å². The van der Waals surface area contributed by atoms with Crippen molar-refractivity contribution in [1.29, 1.82) is 0 Å². The second-order valence-electron chi connectivity index (χ2n) is 2.95. The van der Waals surface area contributed by atoms with Crippen LogP contribution in [0.25, 0.3) is 0 Å². The van der Waals surface area contributed by atoms with E-state index in [1.807, 2.05) is 6.07 Å². The van der Waals surface area contributed by atoms with Crippen LogP contribution in [0.2, 0.25) is 0 Å². The molecule has 66 valence electrons. The van der Waals surface area contributed by atoms with E-state index in [9.17, 15) is 4.39 Å². The molecule has 2 rings (SSSR count). The molecule has 1 aromatic rings. The number of benzene rings is 1. The molecule has 0 heterocycles. The molecule has 3 heteroatoms. The molecule has 1 aromatic carbocycles. The van der Waals surface area contributed by atoms with Crippen LogP contribution in [-0.4, -0.2) is 0 Å². The van der Waals surface area contributed by atoms with Crippen molar-refractivity contribution in [3.8, 4) is 0 Å². The van der Waals surface area contributed by atoms with Crippen LogP contribution in [0.5, 0.6) is 0 Å². The van der Waals surface area contributed by atoms with Crippen molar-refractivity contribution < 1.29 is 4.39 Å². The van der Waals surface area contributed by atoms with E-state index in [1.165, 1.54) is 6.07 Å². The average molecular weight is 188 g/mol. The molecule has 1 atom stereocenters. The summed E-state index contributed by atoms with van der Waals surface area (Å²) < 4.78 is 13.0. The van der Waals surface area contributed by atoms with Crippen LogP contribution in [-0.2, 0) is 6.42 Å². The molecular formula is C9H11ClFN. The van der Waals surface area contributed by atoms with Gasteiger partial charge in [0.25, 0.3) is 0 Å². The van der Waals surface area contributed by atoms with Crippen molar-refractivity contribution in [1.82, 2.24) is 0 Å². The molecule has 0 spiro atoms. The first-order chi connectivity index (χ1) is 5.29. The maximum absolute atomic E-state index is 13.0. The highest BCUT2D eigenvalue weighted by atomic mass is 35.5. The van der Waals surface area contributed by atoms with Crippen molar-refractivity contribution in [3.63, 3.8) is 0 Å². The van der Waals surface area contributed by atoms with E-state index < -0.39 is 0 Å². The molecule has 1 unspecified atom stereocenters. The van der Waals surface area contributed by atoms with E-state index in [4.69, 9.17) is 5.73 Å². The van der Waals surface area contributed by atoms with Gasteiger partial charge in [0.15, 0.2) is 0 Å². The molecule has 0 saturated heterocycles. The SMILES string of the molecule is Cl.NC1CCc2c(F)cccc21. The molecule has 0 aromatic heterocycles. The zero-order chi connectivity index (χ0) is 7.84. The maximum Gasteiger partial charge on any atom is 0.126 e. The Hall–Kier alpha value is -0.600. The topological polar surface area (TPSA) is 26.0 Å². The summed E-state index contributed by atoms with van der Waals surface area (Å²) >= 11 is 0. The second kappa shape index (κ2) is 3.42. The van der Waals surface area contributed by atoms with Crippen molar-refractivity contribution in [3.05, 3.63) is 35.1 Å². The van der Waals surface area contributed by atoms with Gasteiger partial charge in [-0.05, 0) is 30.0 Å². The van der Waals surface area contributed by atoms with Gasteiger partial charge in [0.05, 0.1) is 0 Å². The predicted molar refractivity (Wildman–Crippen MR) is 48.9 cm³/mol. The smallest absolute Gasteiger partial charge is 0.126 e. The quantitative estimate of drug-likeness (QED) is 0.662. The number of fused-ring (bicyclic) bond motifs is 1. The highest BCUT2D eigenvalue weighted by molar-refractivity contribution is 5.85. The molecule has 0 aliphatic heterocycles. The van der Waals surface area contributed by atoms with Crippen LogP contribution in [0.3, 0.4) is 0 Å². The van der Waals surface area contributed by atoms with Gasteiger partial charge >= 0.3 is 0 Å². The minimum absolute atomic E-state index is 0. The molecule has 0 fully saturated rings. The van der Waals surface area contributed by atoms with Gasteiger partial charge in [0.1, 0.15) is 5.82 Å². The van der Waals surface area contributed by atoms with Crippen molar-refractivity contribution >= 4 is 12.4 Å². The van der Waals surface area contributed by atoms with Crippen molar-refractivity contribution in [2.45, 2.75) is 18.9 Å². The third-order valence-corrected chi connectivity index (χ3v) is 2.26. The Bertz CT molecular complexity index is 288. The summed E-state index contributed by atoms with van der Waals surface area (Å²) in [6.45, 7) is 0. The normalized spacial score (nSPS) is 20.0. The molecule has 1 aliphatic carbocycles. The second-order valence-corrected chi connectivity index (χ2v) is 2.95. The fraction of sp³-hybridized carbons (Fsp3) is 0.333. The van der Waals surface area contributed by atoms with Crippen LogP contribution in [0, 0.1) is 5.82 Å². The summed E-state index contributed by atoms with van der Waals surface area (Å²) in [6.07, 6.45) is 1.68. The van der Waals surface area contributed by atoms with E-state index in [0.717, 1.165) is 24.0 Å². The Balaban J connectivity index is 0.000000720. The van der Waals surface area contributed by atoms with Crippen LogP contribution in [0.1, 0.15) is 23.6 Å². The number of rotatable bonds is 0. The van der Waals surface area contributed by atoms with E-state index in [1.54, 1.807) is 6.07 Å². The fourth-order valence-corrected chi connectivity index (χ4v) is 1.64. The van der Waals surface area contributed by atoms with Crippen LogP contribution < -0.4 is 5.73 Å². The molecular weight excluding hydrogens is 177 g/mol. The molecule has 2 N–H and O–H groups in total. The van der Waals surface area contributed by atoms with Gasteiger partial charge in [-0.2, -0.15) is 0 Å². The summed E-state index contributed by atoms with van der Waals surface area (Å²) in [5, 5.41) is 0. The zero-order valence-electron chi connectivity index (χ0n) is 6.59. The molecule has 0 radical (unpaired) electrons. The standard InChI is InChI=1S/C9H10FN.ClH/c10-8-3-1-2-7-6(8)4-5-9(7)11;/h1-3,9H,4-5,11H2;1H. The van der Waals surface area contributed by atoms with Gasteiger partial charge in [0, 0.05) is 6.04 Å². The Morgan fingerprint density at radius 2 is 2.17 bits per heavy atom. The molecule has 0 bridgehead atoms. The fourth-order valence-electron chi connectivity index (χ4n) is 1.64. The lowest BCUT2D eigenvalue weighted by molar-refractivity contribution is 0.612. The van der Waals surface area contributed by atoms with Gasteiger partial charge in [-0.25, -0.2) is 4.39 Å². The molecule has 1 nitrogen and oxygen atoms in total. The minimum Gasteiger partial charge on any atom is -0.324 e. The van der Waals surface area contributed by atoms with Crippen molar-refractivity contribution in [2.24, 2.45) is 5.73 Å². The Kier molecular flexibility index (Phi) is 2.70. The minimum atomic E-state index is -0.101. The summed E-state index contributed by atoms with van der Waals surface area (Å²) in [7, 11) is 0. The van der Waals surface area contributed by atoms with Gasteiger partial charge in [-0.15, -0.1) is 12.4 Å². The first-order valence-corrected chi connectivity index (χ1v) is 3.82. The molecule has 0 saturated carbocycles. The predicted octanol–water partition coefficient (Wildman–Crippen LogP) is 2.19. The van der Waals surface area contributed by atoms with Crippen LogP contribution in [0.15, 0.2) is 18.2 Å². The van der Waals surface area contributed by atoms with Gasteiger partial charge in [-0.3, -0.25) is 0 Å². The summed E-state index contributed by atoms with van der Waals surface area (Å²) in [4.78, 5) is 0. The van der Waals surface area contributed by atoms with E-state index in [2.05, 4.69) is 0 Å². The highest BCUT2D eigenvalue weighted by Crippen LogP contribution is 2.30. The third kappa shape index (κ3) is 1.32. The third-order valence-electron chi connectivity index (χ3n) is 2.26. The summed E-state index contributed by atoms with van der Waals surface area (Å²) in [5.41, 5.74) is 7.56. The lowest BCUT2D eigenvalue weighted by Crippen LogP contribution is -2.04. The first-order valence-electron chi connectivity index (χ1n) is 3.82. The number of hydrogen-bond donors (Lipinski definition) is 1. The summed E-state index contributed by atoms with van der Waals surface area (Å²) in [5.74, 6) is -0.101. The van der Waals surface area contributed by atoms with Crippen molar-refractivity contribution in [2.75, 3.05) is 0 Å². The lowest BCUT2D eigenvalue weighted by atomic mass is 10.1. The van der Waals surface area contributed by atoms with Gasteiger partial charge in [0.2, 0.25) is 0 Å². The van der Waals surface area contributed by atoms with Crippen LogP contribution >= 0.6 is 12.4 Å². The van der Waals surface area contributed by atoms with E-state index in [0.29, 0.717) is 0 Å². The number of halogens is 2. The number of nitrogens with two attached hydrogens (primary N) is 1. The highest BCUT2D eigenvalue weighted by Gasteiger charge is 2.20. The van der Waals surface area contributed by atoms with Gasteiger partial charge < -0.3 is 5.73 Å². The van der Waals surface area contributed by atoms with E-state index >= 15 is 0 Å². The molecule has 12 heavy (non-hydrogen) atoms. The largest absolute Gasteiger partial charge is 0.324 e. The zero-order valence-corrected chi connectivity index (χ0v) is 7.40. The number of hydrogen-bond acceptors (Lipinski definition) is 1. The summed E-state index contributed by atoms with van der Waals surface area (Å²) in [6, 6.07) is 5.19. The Morgan fingerprint density at radius 3 is 2.83 bits per heavy atom. The average Bonchev–Trinajstić information content (AvgIpc) is 2.35. The van der Waals surface area contributed by atoms with Crippen LogP contribution in [0.4, 0.5) is 4.39 Å². The Labute approximate surface area is 77.2 Å². The molecule has 0 amide bonds. The lowest BCUT2D eigenvalue weighted by Gasteiger charge is -2.03. The van der Waals surface area contributed by atoms with E-state index in [-0.39, 0.29) is 24.3 Å². The maximum atomic E-state index is 13.0. The first kappa shape index (κ1) is 9.49. The molecule has 1 aliphatic rings. The monoisotopic (exact) mass is 187 g/mol.